The summed E-state index contributed by atoms with van der Waals surface area (Å²) in [6.07, 6.45) is 10.3. The molecule has 42 heavy (non-hydrogen) atoms. The molecule has 3 heterocycles. The molecule has 1 aliphatic heterocycles. The van der Waals surface area contributed by atoms with E-state index >= 15 is 4.39 Å². The van der Waals surface area contributed by atoms with Gasteiger partial charge < -0.3 is 21.8 Å². The molecule has 10 heteroatoms. The van der Waals surface area contributed by atoms with Crippen molar-refractivity contribution in [1.29, 1.82) is 0 Å². The molecule has 6 N–H and O–H groups in total. The first kappa shape index (κ1) is 29.7. The number of aliphatic imine (C=N–C) groups is 1. The lowest BCUT2D eigenvalue weighted by Gasteiger charge is -2.27. The van der Waals surface area contributed by atoms with E-state index < -0.39 is 11.5 Å². The molecule has 1 aliphatic rings. The quantitative estimate of drug-likeness (QED) is 0.109. The van der Waals surface area contributed by atoms with Crippen molar-refractivity contribution < 1.29 is 4.39 Å². The number of fused-ring (bicyclic) bond motifs is 1. The Labute approximate surface area is 249 Å². The number of halogens is 2. The van der Waals surface area contributed by atoms with Gasteiger partial charge in [0, 0.05) is 41.8 Å². The van der Waals surface area contributed by atoms with E-state index in [0.717, 1.165) is 43.2 Å². The van der Waals surface area contributed by atoms with Gasteiger partial charge in [-0.25, -0.2) is 9.18 Å². The van der Waals surface area contributed by atoms with Gasteiger partial charge in [0.1, 0.15) is 5.65 Å². The highest BCUT2D eigenvalue weighted by Crippen LogP contribution is 2.31. The van der Waals surface area contributed by atoms with Crippen molar-refractivity contribution in [2.24, 2.45) is 16.5 Å². The van der Waals surface area contributed by atoms with Crippen molar-refractivity contribution in [3.8, 4) is 16.9 Å². The summed E-state index contributed by atoms with van der Waals surface area (Å²) in [5.74, 6) is 0.0795. The monoisotopic (exact) mass is 589 g/mol. The van der Waals surface area contributed by atoms with E-state index in [2.05, 4.69) is 32.4 Å². The average Bonchev–Trinajstić information content (AvgIpc) is 3.37. The van der Waals surface area contributed by atoms with E-state index in [9.17, 15) is 4.79 Å². The zero-order valence-corrected chi connectivity index (χ0v) is 24.7. The predicted octanol–water partition coefficient (Wildman–Crippen LogP) is 5.57. The maximum atomic E-state index is 15.1. The number of rotatable bonds is 10. The SMILES string of the molecule is CC(N)=NCCC1C=CCC(c2ccc(-n3cc4cc(-c5cc(CCCC(C)N)cc(Cl)c5F)[nH]c4nc3=O)cc2)N1. The molecule has 220 valence electrons. The Bertz CT molecular complexity index is 1670. The number of nitrogens with two attached hydrogens (primary N) is 2. The highest BCUT2D eigenvalue weighted by molar-refractivity contribution is 6.31. The normalized spacial score (nSPS) is 18.1. The van der Waals surface area contributed by atoms with Gasteiger partial charge in [-0.2, -0.15) is 4.98 Å². The summed E-state index contributed by atoms with van der Waals surface area (Å²) in [6.45, 7) is 4.44. The van der Waals surface area contributed by atoms with Gasteiger partial charge in [-0.15, -0.1) is 0 Å². The van der Waals surface area contributed by atoms with Crippen molar-refractivity contribution in [2.75, 3.05) is 6.54 Å². The fraction of sp³-hybridized carbons (Fsp3) is 0.344. The first-order valence-electron chi connectivity index (χ1n) is 14.3. The van der Waals surface area contributed by atoms with E-state index in [1.807, 2.05) is 31.2 Å². The van der Waals surface area contributed by atoms with Crippen LogP contribution in [-0.4, -0.2) is 39.0 Å². The molecule has 3 atom stereocenters. The molecule has 0 radical (unpaired) electrons. The Balaban J connectivity index is 1.36. The fourth-order valence-electron chi connectivity index (χ4n) is 5.36. The maximum Gasteiger partial charge on any atom is 0.354 e. The molecule has 3 unspecified atom stereocenters. The number of nitrogens with one attached hydrogen (secondary N) is 2. The molecular formula is C32H37ClFN7O. The Morgan fingerprint density at radius 3 is 2.79 bits per heavy atom. The van der Waals surface area contributed by atoms with Crippen LogP contribution in [0.1, 0.15) is 56.7 Å². The number of aromatic nitrogens is 3. The predicted molar refractivity (Wildman–Crippen MR) is 169 cm³/mol. The summed E-state index contributed by atoms with van der Waals surface area (Å²) in [7, 11) is 0. The lowest BCUT2D eigenvalue weighted by Crippen LogP contribution is -2.34. The second-order valence-corrected chi connectivity index (χ2v) is 11.5. The molecule has 0 amide bonds. The molecule has 2 aromatic heterocycles. The summed E-state index contributed by atoms with van der Waals surface area (Å²) in [4.78, 5) is 24.6. The van der Waals surface area contributed by atoms with Gasteiger partial charge in [-0.05, 0) is 87.4 Å². The molecule has 2 aromatic carbocycles. The molecule has 0 saturated carbocycles. The van der Waals surface area contributed by atoms with Crippen LogP contribution in [0, 0.1) is 5.82 Å². The van der Waals surface area contributed by atoms with Crippen LogP contribution in [0.2, 0.25) is 5.02 Å². The number of aryl methyl sites for hydroxylation is 1. The Kier molecular flexibility index (Phi) is 9.21. The smallest absolute Gasteiger partial charge is 0.354 e. The van der Waals surface area contributed by atoms with Crippen LogP contribution in [0.3, 0.4) is 0 Å². The maximum absolute atomic E-state index is 15.1. The van der Waals surface area contributed by atoms with Gasteiger partial charge in [-0.1, -0.05) is 35.9 Å². The average molecular weight is 590 g/mol. The number of H-pyrrole nitrogens is 1. The molecular weight excluding hydrogens is 553 g/mol. The Morgan fingerprint density at radius 2 is 2.05 bits per heavy atom. The van der Waals surface area contributed by atoms with Gasteiger partial charge in [0.15, 0.2) is 5.82 Å². The fourth-order valence-corrected chi connectivity index (χ4v) is 5.60. The summed E-state index contributed by atoms with van der Waals surface area (Å²) < 4.78 is 16.6. The van der Waals surface area contributed by atoms with E-state index in [1.165, 1.54) is 4.57 Å². The molecule has 0 spiro atoms. The molecule has 0 bridgehead atoms. The van der Waals surface area contributed by atoms with Crippen LogP contribution in [0.4, 0.5) is 4.39 Å². The highest BCUT2D eigenvalue weighted by Gasteiger charge is 2.19. The van der Waals surface area contributed by atoms with Gasteiger partial charge in [0.2, 0.25) is 0 Å². The number of nitrogens with zero attached hydrogens (tertiary/aromatic N) is 3. The van der Waals surface area contributed by atoms with Crippen molar-refractivity contribution in [3.63, 3.8) is 0 Å². The minimum absolute atomic E-state index is 0.0583. The molecule has 5 rings (SSSR count). The van der Waals surface area contributed by atoms with Crippen LogP contribution in [-0.2, 0) is 6.42 Å². The zero-order chi connectivity index (χ0) is 29.8. The second-order valence-electron chi connectivity index (χ2n) is 11.1. The molecule has 4 aromatic rings. The minimum Gasteiger partial charge on any atom is -0.388 e. The van der Waals surface area contributed by atoms with Gasteiger partial charge in [-0.3, -0.25) is 9.56 Å². The topological polar surface area (TPSA) is 127 Å². The van der Waals surface area contributed by atoms with Crippen LogP contribution in [0.15, 0.2) is 70.6 Å². The van der Waals surface area contributed by atoms with Crippen LogP contribution >= 0.6 is 11.6 Å². The molecule has 0 fully saturated rings. The van der Waals surface area contributed by atoms with Crippen LogP contribution in [0.25, 0.3) is 28.0 Å². The zero-order valence-electron chi connectivity index (χ0n) is 23.9. The first-order valence-corrected chi connectivity index (χ1v) is 14.7. The third kappa shape index (κ3) is 6.98. The summed E-state index contributed by atoms with van der Waals surface area (Å²) in [6, 6.07) is 13.6. The van der Waals surface area contributed by atoms with E-state index in [1.54, 1.807) is 31.3 Å². The lowest BCUT2D eigenvalue weighted by molar-refractivity contribution is 0.450. The number of benzene rings is 2. The van der Waals surface area contributed by atoms with E-state index in [0.29, 0.717) is 40.4 Å². The summed E-state index contributed by atoms with van der Waals surface area (Å²) >= 11 is 6.25. The second kappa shape index (κ2) is 13.0. The molecule has 0 aliphatic carbocycles. The van der Waals surface area contributed by atoms with Crippen LogP contribution in [0.5, 0.6) is 0 Å². The third-order valence-corrected chi connectivity index (χ3v) is 7.82. The lowest BCUT2D eigenvalue weighted by atomic mass is 9.97. The highest BCUT2D eigenvalue weighted by atomic mass is 35.5. The van der Waals surface area contributed by atoms with Crippen molar-refractivity contribution >= 4 is 28.5 Å². The van der Waals surface area contributed by atoms with Gasteiger partial charge >= 0.3 is 5.69 Å². The van der Waals surface area contributed by atoms with Crippen molar-refractivity contribution in [3.05, 3.63) is 93.3 Å². The van der Waals surface area contributed by atoms with Crippen molar-refractivity contribution in [2.45, 2.75) is 64.1 Å². The van der Waals surface area contributed by atoms with Crippen LogP contribution < -0.4 is 22.5 Å². The third-order valence-electron chi connectivity index (χ3n) is 7.54. The number of hydrogen-bond donors (Lipinski definition) is 4. The summed E-state index contributed by atoms with van der Waals surface area (Å²) in [5, 5.41) is 4.40. The minimum atomic E-state index is -0.513. The van der Waals surface area contributed by atoms with E-state index in [-0.39, 0.29) is 23.1 Å². The molecule has 0 saturated heterocycles. The summed E-state index contributed by atoms with van der Waals surface area (Å²) in [5.41, 5.74) is 15.1. The molecule has 8 nitrogen and oxygen atoms in total. The van der Waals surface area contributed by atoms with Gasteiger partial charge in [0.05, 0.1) is 22.2 Å². The number of amidine groups is 1. The number of hydrogen-bond acceptors (Lipinski definition) is 5. The van der Waals surface area contributed by atoms with Gasteiger partial charge in [0.25, 0.3) is 0 Å². The standard InChI is InChI=1S/C32H37ClFN7O/c1-19(35)5-3-6-21-15-26(30(34)27(33)16-21)29-17-23-18-41(32(42)40-31(23)39-29)25-11-9-22(10-12-25)28-8-4-7-24(38-28)13-14-37-20(2)36/h4,7,9-12,15-19,24,28,38H,3,5-6,8,13-14,35H2,1-2H3,(H2,36,37)(H,39,40,42). The van der Waals surface area contributed by atoms with E-state index in [4.69, 9.17) is 23.1 Å². The number of aromatic amines is 1. The van der Waals surface area contributed by atoms with Crippen molar-refractivity contribution in [1.82, 2.24) is 19.9 Å². The largest absolute Gasteiger partial charge is 0.388 e. The Hall–Kier alpha value is -3.79. The first-order chi connectivity index (χ1) is 20.2. The Morgan fingerprint density at radius 1 is 1.26 bits per heavy atom.